The molecule has 0 aliphatic heterocycles. The van der Waals surface area contributed by atoms with Crippen molar-refractivity contribution in [2.45, 2.75) is 6.92 Å². The molecule has 2 heteroatoms. The summed E-state index contributed by atoms with van der Waals surface area (Å²) in [5, 5.41) is 0. The number of methoxy groups -OCH3 is 1. The number of ether oxygens (including phenoxy) is 1. The fraction of sp³-hybridized carbons (Fsp3) is 0.222. The molecule has 0 fully saturated rings. The van der Waals surface area contributed by atoms with Crippen LogP contribution >= 0.6 is 0 Å². The monoisotopic (exact) mass is 153 g/mol. The van der Waals surface area contributed by atoms with Gasteiger partial charge in [-0.05, 0) is 18.1 Å². The van der Waals surface area contributed by atoms with Crippen LogP contribution in [0.4, 0.5) is 4.39 Å². The molecule has 0 unspecified atom stereocenters. The lowest BCUT2D eigenvalue weighted by Crippen LogP contribution is -1.88. The molecule has 0 heterocycles. The molecule has 11 heavy (non-hydrogen) atoms. The summed E-state index contributed by atoms with van der Waals surface area (Å²) in [6.07, 6.45) is 1.72. The zero-order valence-corrected chi connectivity index (χ0v) is 6.60. The van der Waals surface area contributed by atoms with Crippen molar-refractivity contribution in [3.05, 3.63) is 36.0 Å². The van der Waals surface area contributed by atoms with Gasteiger partial charge in [0.2, 0.25) is 0 Å². The van der Waals surface area contributed by atoms with Crippen molar-refractivity contribution < 1.29 is 9.13 Å². The smallest absolute Gasteiger partial charge is 0.130 e. The van der Waals surface area contributed by atoms with Gasteiger partial charge in [-0.25, -0.2) is 4.39 Å². The van der Waals surface area contributed by atoms with Gasteiger partial charge in [-0.3, -0.25) is 0 Å². The van der Waals surface area contributed by atoms with Gasteiger partial charge in [0.15, 0.2) is 0 Å². The molecular formula is C9H10FO. The molecule has 0 saturated heterocycles. The third-order valence-corrected chi connectivity index (χ3v) is 1.52. The lowest BCUT2D eigenvalue weighted by atomic mass is 10.1. The van der Waals surface area contributed by atoms with Gasteiger partial charge in [0.25, 0.3) is 0 Å². The van der Waals surface area contributed by atoms with Gasteiger partial charge in [-0.15, -0.1) is 0 Å². The minimum absolute atomic E-state index is 0.244. The first kappa shape index (κ1) is 8.05. The first-order chi connectivity index (χ1) is 5.27. The van der Waals surface area contributed by atoms with Crippen molar-refractivity contribution in [1.29, 1.82) is 0 Å². The summed E-state index contributed by atoms with van der Waals surface area (Å²) in [5.41, 5.74) is 0.603. The molecule has 59 valence electrons. The van der Waals surface area contributed by atoms with E-state index in [9.17, 15) is 4.39 Å². The average Bonchev–Trinajstić information content (AvgIpc) is 2.04. The minimum Gasteiger partial charge on any atom is -0.497 e. The Hall–Kier alpha value is -1.05. The largest absolute Gasteiger partial charge is 0.497 e. The van der Waals surface area contributed by atoms with E-state index in [1.807, 2.05) is 0 Å². The molecular weight excluding hydrogens is 143 g/mol. The molecule has 0 aromatic heterocycles. The Labute approximate surface area is 65.8 Å². The minimum atomic E-state index is -0.244. The fourth-order valence-corrected chi connectivity index (χ4v) is 0.869. The second-order valence-corrected chi connectivity index (χ2v) is 2.18. The molecule has 0 N–H and O–H groups in total. The van der Waals surface area contributed by atoms with Crippen molar-refractivity contribution in [2.75, 3.05) is 7.11 Å². The van der Waals surface area contributed by atoms with E-state index in [0.29, 0.717) is 11.3 Å². The molecule has 1 nitrogen and oxygen atoms in total. The van der Waals surface area contributed by atoms with E-state index in [1.54, 1.807) is 25.5 Å². The summed E-state index contributed by atoms with van der Waals surface area (Å²) < 4.78 is 17.8. The van der Waals surface area contributed by atoms with Crippen LogP contribution in [0.1, 0.15) is 12.5 Å². The van der Waals surface area contributed by atoms with E-state index in [4.69, 9.17) is 4.74 Å². The van der Waals surface area contributed by atoms with Crippen LogP contribution in [-0.2, 0) is 0 Å². The second kappa shape index (κ2) is 3.37. The van der Waals surface area contributed by atoms with Gasteiger partial charge < -0.3 is 4.74 Å². The van der Waals surface area contributed by atoms with Crippen LogP contribution in [0, 0.1) is 12.2 Å². The number of halogens is 1. The van der Waals surface area contributed by atoms with Crippen LogP contribution in [0.5, 0.6) is 5.75 Å². The Morgan fingerprint density at radius 1 is 1.45 bits per heavy atom. The first-order valence-corrected chi connectivity index (χ1v) is 3.41. The number of benzene rings is 1. The summed E-state index contributed by atoms with van der Waals surface area (Å²) in [4.78, 5) is 0. The molecule has 0 atom stereocenters. The Bertz CT molecular complexity index is 245. The maximum absolute atomic E-state index is 12.9. The van der Waals surface area contributed by atoms with E-state index in [2.05, 4.69) is 0 Å². The van der Waals surface area contributed by atoms with Crippen LogP contribution in [0.3, 0.4) is 0 Å². The first-order valence-electron chi connectivity index (χ1n) is 3.41. The second-order valence-electron chi connectivity index (χ2n) is 2.18. The van der Waals surface area contributed by atoms with Gasteiger partial charge >= 0.3 is 0 Å². The van der Waals surface area contributed by atoms with Gasteiger partial charge in [-0.1, -0.05) is 13.0 Å². The number of hydrogen-bond donors (Lipinski definition) is 0. The molecule has 0 saturated carbocycles. The van der Waals surface area contributed by atoms with Crippen LogP contribution in [0.25, 0.3) is 0 Å². The SMILES string of the molecule is C[CH]c1ccc(OC)cc1F. The van der Waals surface area contributed by atoms with Crippen molar-refractivity contribution in [3.63, 3.8) is 0 Å². The van der Waals surface area contributed by atoms with E-state index in [-0.39, 0.29) is 5.82 Å². The molecule has 1 radical (unpaired) electrons. The van der Waals surface area contributed by atoms with Gasteiger partial charge in [0.05, 0.1) is 7.11 Å². The predicted molar refractivity (Wildman–Crippen MR) is 42.0 cm³/mol. The molecule has 0 amide bonds. The zero-order chi connectivity index (χ0) is 8.27. The third-order valence-electron chi connectivity index (χ3n) is 1.52. The number of rotatable bonds is 2. The molecule has 0 aliphatic rings. The maximum Gasteiger partial charge on any atom is 0.130 e. The normalized spacial score (nSPS) is 9.73. The molecule has 1 rings (SSSR count). The Morgan fingerprint density at radius 2 is 2.18 bits per heavy atom. The fourth-order valence-electron chi connectivity index (χ4n) is 0.869. The highest BCUT2D eigenvalue weighted by Crippen LogP contribution is 2.16. The van der Waals surface area contributed by atoms with Crippen molar-refractivity contribution in [1.82, 2.24) is 0 Å². The summed E-state index contributed by atoms with van der Waals surface area (Å²) >= 11 is 0. The highest BCUT2D eigenvalue weighted by Gasteiger charge is 2.00. The lowest BCUT2D eigenvalue weighted by Gasteiger charge is -2.01. The highest BCUT2D eigenvalue weighted by atomic mass is 19.1. The Kier molecular flexibility index (Phi) is 2.47. The predicted octanol–water partition coefficient (Wildman–Crippen LogP) is 2.41. The highest BCUT2D eigenvalue weighted by molar-refractivity contribution is 5.32. The summed E-state index contributed by atoms with van der Waals surface area (Å²) in [6.45, 7) is 1.80. The van der Waals surface area contributed by atoms with Crippen LogP contribution in [0.2, 0.25) is 0 Å². The summed E-state index contributed by atoms with van der Waals surface area (Å²) in [7, 11) is 1.52. The molecule has 0 aliphatic carbocycles. The molecule has 1 aromatic rings. The Balaban J connectivity index is 2.99. The lowest BCUT2D eigenvalue weighted by molar-refractivity contribution is 0.411. The molecule has 0 bridgehead atoms. The van der Waals surface area contributed by atoms with E-state index < -0.39 is 0 Å². The van der Waals surface area contributed by atoms with Crippen molar-refractivity contribution in [3.8, 4) is 5.75 Å². The van der Waals surface area contributed by atoms with Crippen molar-refractivity contribution >= 4 is 0 Å². The van der Waals surface area contributed by atoms with Crippen molar-refractivity contribution in [2.24, 2.45) is 0 Å². The van der Waals surface area contributed by atoms with Crippen LogP contribution in [-0.4, -0.2) is 7.11 Å². The topological polar surface area (TPSA) is 9.23 Å². The quantitative estimate of drug-likeness (QED) is 0.634. The molecule has 0 spiro atoms. The Morgan fingerprint density at radius 3 is 2.64 bits per heavy atom. The van der Waals surface area contributed by atoms with E-state index >= 15 is 0 Å². The summed E-state index contributed by atoms with van der Waals surface area (Å²) in [5.74, 6) is 0.306. The van der Waals surface area contributed by atoms with Gasteiger partial charge in [0.1, 0.15) is 11.6 Å². The van der Waals surface area contributed by atoms with Crippen LogP contribution < -0.4 is 4.74 Å². The standard InChI is InChI=1S/C9H10FO/c1-3-7-4-5-8(11-2)6-9(7)10/h3-6H,1-2H3. The van der Waals surface area contributed by atoms with Gasteiger partial charge in [0, 0.05) is 6.07 Å². The third kappa shape index (κ3) is 1.70. The maximum atomic E-state index is 12.9. The average molecular weight is 153 g/mol. The van der Waals surface area contributed by atoms with Crippen LogP contribution in [0.15, 0.2) is 18.2 Å². The van der Waals surface area contributed by atoms with Gasteiger partial charge in [-0.2, -0.15) is 0 Å². The van der Waals surface area contributed by atoms with E-state index in [1.165, 1.54) is 13.2 Å². The number of hydrogen-bond acceptors (Lipinski definition) is 1. The molecule has 1 aromatic carbocycles. The summed E-state index contributed by atoms with van der Waals surface area (Å²) in [6, 6.07) is 4.79. The van der Waals surface area contributed by atoms with E-state index in [0.717, 1.165) is 0 Å². The zero-order valence-electron chi connectivity index (χ0n) is 6.60.